The van der Waals surface area contributed by atoms with Gasteiger partial charge in [0.15, 0.2) is 5.69 Å². The molecule has 226 valence electrons. The lowest BCUT2D eigenvalue weighted by Crippen LogP contribution is -2.54. The second-order valence-electron chi connectivity index (χ2n) is 13.6. The van der Waals surface area contributed by atoms with Crippen LogP contribution in [0, 0.1) is 0 Å². The number of carbonyl (C=O) groups is 4. The Labute approximate surface area is 241 Å². The van der Waals surface area contributed by atoms with Crippen molar-refractivity contribution in [1.82, 2.24) is 14.9 Å². The van der Waals surface area contributed by atoms with Crippen molar-refractivity contribution in [1.29, 1.82) is 0 Å². The summed E-state index contributed by atoms with van der Waals surface area (Å²) in [5, 5.41) is 0. The van der Waals surface area contributed by atoms with Gasteiger partial charge in [0.2, 0.25) is 0 Å². The number of hydrogen-bond donors (Lipinski definition) is 0. The molecule has 0 N–H and O–H groups in total. The average Bonchev–Trinajstić information content (AvgIpc) is 2.73. The maximum Gasteiger partial charge on any atom is 0.420 e. The summed E-state index contributed by atoms with van der Waals surface area (Å²) in [6, 6.07) is 5.22. The lowest BCUT2D eigenvalue weighted by Gasteiger charge is -2.33. The van der Waals surface area contributed by atoms with Crippen LogP contribution >= 0.6 is 0 Å². The normalized spacial score (nSPS) is 13.3. The fourth-order valence-corrected chi connectivity index (χ4v) is 3.45. The molecule has 0 aliphatic carbocycles. The molecule has 1 atom stereocenters. The minimum atomic E-state index is -1.63. The second kappa shape index (κ2) is 12.0. The molecule has 1 heterocycles. The van der Waals surface area contributed by atoms with Crippen LogP contribution in [0.15, 0.2) is 24.3 Å². The van der Waals surface area contributed by atoms with Crippen LogP contribution in [0.2, 0.25) is 0 Å². The summed E-state index contributed by atoms with van der Waals surface area (Å²) in [4.78, 5) is 63.5. The van der Waals surface area contributed by atoms with Crippen molar-refractivity contribution in [3.05, 3.63) is 35.7 Å². The maximum absolute atomic E-state index is 13.7. The predicted molar refractivity (Wildman–Crippen MR) is 152 cm³/mol. The number of para-hydroxylation sites is 2. The van der Waals surface area contributed by atoms with E-state index in [4.69, 9.17) is 18.9 Å². The number of nitrogens with zero attached hydrogens (tertiary/aromatic N) is 3. The van der Waals surface area contributed by atoms with Crippen molar-refractivity contribution >= 4 is 35.2 Å². The van der Waals surface area contributed by atoms with Gasteiger partial charge in [-0.25, -0.2) is 29.1 Å². The van der Waals surface area contributed by atoms with Crippen molar-refractivity contribution in [3.8, 4) is 0 Å². The van der Waals surface area contributed by atoms with Gasteiger partial charge in [0.1, 0.15) is 28.4 Å². The largest absolute Gasteiger partial charge is 0.458 e. The fourth-order valence-electron chi connectivity index (χ4n) is 3.45. The molecule has 1 aromatic heterocycles. The van der Waals surface area contributed by atoms with Crippen LogP contribution in [0.5, 0.6) is 0 Å². The quantitative estimate of drug-likeness (QED) is 0.309. The van der Waals surface area contributed by atoms with E-state index in [2.05, 4.69) is 9.97 Å². The lowest BCUT2D eigenvalue weighted by atomic mass is 10.1. The molecule has 0 saturated carbocycles. The molecule has 41 heavy (non-hydrogen) atoms. The number of rotatable bonds is 5. The number of amides is 2. The van der Waals surface area contributed by atoms with Crippen LogP contribution in [0.3, 0.4) is 0 Å². The van der Waals surface area contributed by atoms with E-state index in [-0.39, 0.29) is 11.4 Å². The number of hydrogen-bond acceptors (Lipinski definition) is 10. The topological polar surface area (TPSA) is 134 Å². The monoisotopic (exact) mass is 573 g/mol. The predicted octanol–water partition coefficient (Wildman–Crippen LogP) is 6.01. The van der Waals surface area contributed by atoms with E-state index < -0.39 is 59.0 Å². The molecule has 0 bridgehead atoms. The van der Waals surface area contributed by atoms with Crippen molar-refractivity contribution in [3.63, 3.8) is 0 Å². The van der Waals surface area contributed by atoms with Gasteiger partial charge >= 0.3 is 24.1 Å². The number of imide groups is 1. The third-order valence-corrected chi connectivity index (χ3v) is 4.79. The van der Waals surface area contributed by atoms with Gasteiger partial charge in [-0.1, -0.05) is 12.1 Å². The fraction of sp³-hybridized carbons (Fsp3) is 0.600. The molecular weight excluding hydrogens is 530 g/mol. The van der Waals surface area contributed by atoms with Crippen molar-refractivity contribution in [2.45, 2.75) is 118 Å². The molecule has 2 rings (SSSR count). The third kappa shape index (κ3) is 10.6. The van der Waals surface area contributed by atoms with Crippen molar-refractivity contribution in [2.75, 3.05) is 0 Å². The molecule has 2 aromatic rings. The third-order valence-electron chi connectivity index (χ3n) is 4.79. The Kier molecular flexibility index (Phi) is 9.79. The standard InChI is InChI=1S/C30H43N3O8/c1-27(2,3)38-23(34)21(33(25(36)40-29(7,8)9)26(37)41-30(10,11)12)17-20-22(24(35)39-28(4,5)6)32-19-16-14-13-15-18(19)31-20/h13-16,21H,17H2,1-12H3/t21-/m0/s1. The van der Waals surface area contributed by atoms with E-state index in [0.717, 1.165) is 0 Å². The highest BCUT2D eigenvalue weighted by molar-refractivity contribution is 5.95. The summed E-state index contributed by atoms with van der Waals surface area (Å²) in [5.41, 5.74) is -3.16. The Morgan fingerprint density at radius 3 is 1.49 bits per heavy atom. The Morgan fingerprint density at radius 1 is 0.659 bits per heavy atom. The molecule has 0 aliphatic heterocycles. The van der Waals surface area contributed by atoms with Gasteiger partial charge in [0, 0.05) is 6.42 Å². The van der Waals surface area contributed by atoms with Crippen molar-refractivity contribution < 1.29 is 38.1 Å². The molecule has 0 radical (unpaired) electrons. The molecule has 0 saturated heterocycles. The SMILES string of the molecule is CC(C)(C)OC(=O)c1nc2ccccc2nc1C[C@@H](C(=O)OC(C)(C)C)N(C(=O)OC(C)(C)C)C(=O)OC(C)(C)C. The molecule has 0 spiro atoms. The summed E-state index contributed by atoms with van der Waals surface area (Å²) < 4.78 is 22.2. The number of aromatic nitrogens is 2. The molecule has 2 amide bonds. The number of benzene rings is 1. The Bertz CT molecular complexity index is 1270. The minimum Gasteiger partial charge on any atom is -0.458 e. The van der Waals surface area contributed by atoms with E-state index in [9.17, 15) is 19.2 Å². The highest BCUT2D eigenvalue weighted by Gasteiger charge is 2.43. The van der Waals surface area contributed by atoms with Gasteiger partial charge in [-0.05, 0) is 95.2 Å². The van der Waals surface area contributed by atoms with E-state index in [1.54, 1.807) is 107 Å². The summed E-state index contributed by atoms with van der Waals surface area (Å²) in [6.45, 7) is 19.8. The summed E-state index contributed by atoms with van der Waals surface area (Å²) in [6.07, 6.45) is -2.69. The van der Waals surface area contributed by atoms with E-state index in [0.29, 0.717) is 15.9 Å². The Morgan fingerprint density at radius 2 is 1.07 bits per heavy atom. The van der Waals surface area contributed by atoms with Gasteiger partial charge in [-0.3, -0.25) is 0 Å². The first-order chi connectivity index (χ1) is 18.5. The zero-order valence-electron chi connectivity index (χ0n) is 26.2. The number of esters is 2. The van der Waals surface area contributed by atoms with Crippen LogP contribution < -0.4 is 0 Å². The van der Waals surface area contributed by atoms with E-state index >= 15 is 0 Å². The molecule has 0 unspecified atom stereocenters. The van der Waals surface area contributed by atoms with Gasteiger partial charge in [-0.2, -0.15) is 4.90 Å². The number of fused-ring (bicyclic) bond motifs is 1. The van der Waals surface area contributed by atoms with Crippen LogP contribution in [0.25, 0.3) is 11.0 Å². The molecular formula is C30H43N3O8. The minimum absolute atomic E-state index is 0.0194. The first-order valence-electron chi connectivity index (χ1n) is 13.4. The van der Waals surface area contributed by atoms with Crippen LogP contribution in [0.4, 0.5) is 9.59 Å². The van der Waals surface area contributed by atoms with Gasteiger partial charge < -0.3 is 18.9 Å². The molecule has 11 nitrogen and oxygen atoms in total. The molecule has 11 heteroatoms. The maximum atomic E-state index is 13.7. The number of ether oxygens (including phenoxy) is 4. The lowest BCUT2D eigenvalue weighted by molar-refractivity contribution is -0.161. The summed E-state index contributed by atoms with van der Waals surface area (Å²) in [5.74, 6) is -1.71. The highest BCUT2D eigenvalue weighted by Crippen LogP contribution is 2.24. The summed E-state index contributed by atoms with van der Waals surface area (Å²) in [7, 11) is 0. The van der Waals surface area contributed by atoms with Crippen LogP contribution in [0.1, 0.15) is 99.3 Å². The van der Waals surface area contributed by atoms with Gasteiger partial charge in [0.25, 0.3) is 0 Å². The first kappa shape index (κ1) is 33.4. The van der Waals surface area contributed by atoms with Crippen molar-refractivity contribution in [2.24, 2.45) is 0 Å². The Balaban J connectivity index is 2.78. The first-order valence-corrected chi connectivity index (χ1v) is 13.4. The number of carbonyl (C=O) groups excluding carboxylic acids is 4. The zero-order valence-corrected chi connectivity index (χ0v) is 26.2. The molecule has 0 aliphatic rings. The molecule has 0 fully saturated rings. The van der Waals surface area contributed by atoms with Crippen LogP contribution in [-0.2, 0) is 30.2 Å². The van der Waals surface area contributed by atoms with E-state index in [1.165, 1.54) is 0 Å². The zero-order chi connectivity index (χ0) is 31.6. The van der Waals surface area contributed by atoms with Gasteiger partial charge in [0.05, 0.1) is 16.7 Å². The smallest absolute Gasteiger partial charge is 0.420 e. The van der Waals surface area contributed by atoms with E-state index in [1.807, 2.05) is 0 Å². The molecule has 1 aromatic carbocycles. The van der Waals surface area contributed by atoms with Gasteiger partial charge in [-0.15, -0.1) is 0 Å². The average molecular weight is 574 g/mol. The summed E-state index contributed by atoms with van der Waals surface area (Å²) >= 11 is 0. The second-order valence-corrected chi connectivity index (χ2v) is 13.6. The Hall–Kier alpha value is -3.76. The highest BCUT2D eigenvalue weighted by atomic mass is 16.6. The van der Waals surface area contributed by atoms with Crippen LogP contribution in [-0.4, -0.2) is 67.4 Å².